The maximum Gasteiger partial charge on any atom is 0.408 e. The zero-order chi connectivity index (χ0) is 16.5. The largest absolute Gasteiger partial charge is 0.495 e. The number of methoxy groups -OCH3 is 1. The average molecular weight is 310 g/mol. The maximum absolute atomic E-state index is 11.6. The first-order valence-electron chi connectivity index (χ1n) is 7.06. The second-order valence-corrected chi connectivity index (χ2v) is 4.68. The number of rotatable bonds is 4. The molecule has 2 aromatic rings. The van der Waals surface area contributed by atoms with Gasteiger partial charge in [-0.1, -0.05) is 42.2 Å². The Kier molecular flexibility index (Phi) is 5.89. The van der Waals surface area contributed by atoms with Crippen LogP contribution in [-0.4, -0.2) is 19.7 Å². The number of carbonyl (C=O) groups excluding carboxylic acids is 1. The average Bonchev–Trinajstić information content (AvgIpc) is 2.58. The van der Waals surface area contributed by atoms with Crippen molar-refractivity contribution < 1.29 is 14.3 Å². The lowest BCUT2D eigenvalue weighted by atomic mass is 10.2. The molecule has 0 fully saturated rings. The van der Waals surface area contributed by atoms with E-state index in [1.54, 1.807) is 25.3 Å². The van der Waals surface area contributed by atoms with Gasteiger partial charge in [-0.25, -0.2) is 4.79 Å². The lowest BCUT2D eigenvalue weighted by Gasteiger charge is -2.05. The second kappa shape index (κ2) is 8.35. The number of nitrogens with two attached hydrogens (primary N) is 1. The van der Waals surface area contributed by atoms with Gasteiger partial charge in [0.05, 0.1) is 19.2 Å². The summed E-state index contributed by atoms with van der Waals surface area (Å²) in [4.78, 5) is 11.6. The molecule has 0 heterocycles. The number of carbonyl (C=O) groups is 1. The normalized spacial score (nSPS) is 9.43. The Labute approximate surface area is 135 Å². The van der Waals surface area contributed by atoms with E-state index >= 15 is 0 Å². The van der Waals surface area contributed by atoms with Crippen LogP contribution < -0.4 is 15.8 Å². The smallest absolute Gasteiger partial charge is 0.408 e. The summed E-state index contributed by atoms with van der Waals surface area (Å²) in [7, 11) is 1.55. The van der Waals surface area contributed by atoms with Crippen LogP contribution in [0.5, 0.6) is 5.75 Å². The van der Waals surface area contributed by atoms with Gasteiger partial charge in [0.2, 0.25) is 0 Å². The van der Waals surface area contributed by atoms with Gasteiger partial charge in [0, 0.05) is 11.8 Å². The fourth-order valence-electron chi connectivity index (χ4n) is 1.84. The number of nitrogens with one attached hydrogen (secondary N) is 1. The molecule has 0 unspecified atom stereocenters. The molecule has 0 aliphatic rings. The van der Waals surface area contributed by atoms with Crippen molar-refractivity contribution in [2.24, 2.45) is 0 Å². The van der Waals surface area contributed by atoms with Crippen LogP contribution in [0.25, 0.3) is 0 Å². The molecule has 0 saturated carbocycles. The fraction of sp³-hybridized carbons (Fsp3) is 0.167. The van der Waals surface area contributed by atoms with Gasteiger partial charge >= 0.3 is 6.09 Å². The number of hydrogen-bond acceptors (Lipinski definition) is 4. The van der Waals surface area contributed by atoms with Crippen LogP contribution in [-0.2, 0) is 11.3 Å². The van der Waals surface area contributed by atoms with Crippen LogP contribution in [0, 0.1) is 11.8 Å². The van der Waals surface area contributed by atoms with E-state index in [1.807, 2.05) is 30.3 Å². The number of amides is 1. The van der Waals surface area contributed by atoms with Gasteiger partial charge < -0.3 is 20.5 Å². The van der Waals surface area contributed by atoms with Crippen molar-refractivity contribution in [3.63, 3.8) is 0 Å². The summed E-state index contributed by atoms with van der Waals surface area (Å²) in [5, 5.41) is 2.57. The van der Waals surface area contributed by atoms with Gasteiger partial charge in [-0.2, -0.15) is 0 Å². The minimum absolute atomic E-state index is 0.182. The minimum atomic E-state index is -0.507. The number of anilines is 1. The second-order valence-electron chi connectivity index (χ2n) is 4.68. The van der Waals surface area contributed by atoms with E-state index in [2.05, 4.69) is 17.2 Å². The third kappa shape index (κ3) is 5.29. The predicted octanol–water partition coefficient (Wildman–Crippen LogP) is 2.56. The van der Waals surface area contributed by atoms with Gasteiger partial charge in [-0.15, -0.1) is 0 Å². The van der Waals surface area contributed by atoms with Crippen molar-refractivity contribution in [2.75, 3.05) is 19.4 Å². The molecule has 0 aliphatic heterocycles. The summed E-state index contributed by atoms with van der Waals surface area (Å²) >= 11 is 0. The molecule has 2 aromatic carbocycles. The Morgan fingerprint density at radius 1 is 1.22 bits per heavy atom. The van der Waals surface area contributed by atoms with Crippen LogP contribution in [0.3, 0.4) is 0 Å². The van der Waals surface area contributed by atoms with E-state index in [4.69, 9.17) is 15.2 Å². The minimum Gasteiger partial charge on any atom is -0.495 e. The summed E-state index contributed by atoms with van der Waals surface area (Å²) in [5.41, 5.74) is 7.92. The Balaban J connectivity index is 1.80. The Hall–Kier alpha value is -3.13. The van der Waals surface area contributed by atoms with E-state index in [0.29, 0.717) is 17.0 Å². The number of alkyl carbamates (subject to hydrolysis) is 1. The number of hydrogen-bond donors (Lipinski definition) is 2. The highest BCUT2D eigenvalue weighted by molar-refractivity contribution is 5.67. The lowest BCUT2D eigenvalue weighted by Crippen LogP contribution is -2.24. The van der Waals surface area contributed by atoms with Crippen LogP contribution in [0.2, 0.25) is 0 Å². The van der Waals surface area contributed by atoms with Crippen molar-refractivity contribution in [2.45, 2.75) is 6.61 Å². The SMILES string of the molecule is COc1cc(N)ccc1C#CCNC(=O)OCc1ccccc1. The molecular formula is C18H18N2O3. The molecule has 1 amide bonds. The van der Waals surface area contributed by atoms with Gasteiger partial charge in [0.15, 0.2) is 0 Å². The third-order valence-electron chi connectivity index (χ3n) is 2.98. The summed E-state index contributed by atoms with van der Waals surface area (Å²) < 4.78 is 10.3. The zero-order valence-electron chi connectivity index (χ0n) is 12.8. The fourth-order valence-corrected chi connectivity index (χ4v) is 1.84. The van der Waals surface area contributed by atoms with E-state index < -0.39 is 6.09 Å². The highest BCUT2D eigenvalue weighted by Crippen LogP contribution is 2.20. The quantitative estimate of drug-likeness (QED) is 0.672. The van der Waals surface area contributed by atoms with E-state index in [9.17, 15) is 4.79 Å². The topological polar surface area (TPSA) is 73.6 Å². The van der Waals surface area contributed by atoms with Gasteiger partial charge in [0.1, 0.15) is 12.4 Å². The molecule has 0 radical (unpaired) electrons. The number of benzene rings is 2. The summed E-state index contributed by atoms with van der Waals surface area (Å²) in [6, 6.07) is 14.7. The highest BCUT2D eigenvalue weighted by Gasteiger charge is 2.01. The van der Waals surface area contributed by atoms with Crippen LogP contribution in [0.15, 0.2) is 48.5 Å². The van der Waals surface area contributed by atoms with Gasteiger partial charge in [0.25, 0.3) is 0 Å². The summed E-state index contributed by atoms with van der Waals surface area (Å²) in [5.74, 6) is 6.36. The molecule has 5 heteroatoms. The third-order valence-corrected chi connectivity index (χ3v) is 2.98. The van der Waals surface area contributed by atoms with Crippen molar-refractivity contribution in [3.05, 3.63) is 59.7 Å². The number of nitrogen functional groups attached to an aromatic ring is 1. The Morgan fingerprint density at radius 3 is 2.74 bits per heavy atom. The van der Waals surface area contributed by atoms with Crippen LogP contribution in [0.1, 0.15) is 11.1 Å². The van der Waals surface area contributed by atoms with Gasteiger partial charge in [-0.05, 0) is 17.7 Å². The standard InChI is InChI=1S/C18H18N2O3/c1-22-17-12-16(19)10-9-15(17)8-5-11-20-18(21)23-13-14-6-3-2-4-7-14/h2-4,6-7,9-10,12H,11,13,19H2,1H3,(H,20,21). The molecule has 5 nitrogen and oxygen atoms in total. The molecule has 118 valence electrons. The molecule has 0 atom stereocenters. The van der Waals surface area contributed by atoms with Crippen LogP contribution >= 0.6 is 0 Å². The van der Waals surface area contributed by atoms with Crippen molar-refractivity contribution in [1.29, 1.82) is 0 Å². The van der Waals surface area contributed by atoms with Crippen molar-refractivity contribution in [3.8, 4) is 17.6 Å². The van der Waals surface area contributed by atoms with Crippen molar-refractivity contribution in [1.82, 2.24) is 5.32 Å². The van der Waals surface area contributed by atoms with E-state index in [-0.39, 0.29) is 13.2 Å². The molecule has 3 N–H and O–H groups in total. The lowest BCUT2D eigenvalue weighted by molar-refractivity contribution is 0.141. The Morgan fingerprint density at radius 2 is 2.00 bits per heavy atom. The molecule has 23 heavy (non-hydrogen) atoms. The first-order chi connectivity index (χ1) is 11.2. The first kappa shape index (κ1) is 16.2. The number of ether oxygens (including phenoxy) is 2. The maximum atomic E-state index is 11.6. The predicted molar refractivity (Wildman–Crippen MR) is 88.9 cm³/mol. The summed E-state index contributed by atoms with van der Waals surface area (Å²) in [6.45, 7) is 0.410. The molecular weight excluding hydrogens is 292 g/mol. The molecule has 2 rings (SSSR count). The highest BCUT2D eigenvalue weighted by atomic mass is 16.5. The van der Waals surface area contributed by atoms with E-state index in [1.165, 1.54) is 0 Å². The monoisotopic (exact) mass is 310 g/mol. The molecule has 0 bridgehead atoms. The zero-order valence-corrected chi connectivity index (χ0v) is 12.8. The molecule has 0 aliphatic carbocycles. The van der Waals surface area contributed by atoms with Crippen molar-refractivity contribution >= 4 is 11.8 Å². The summed E-state index contributed by atoms with van der Waals surface area (Å²) in [6.07, 6.45) is -0.507. The van der Waals surface area contributed by atoms with Crippen LogP contribution in [0.4, 0.5) is 10.5 Å². The molecule has 0 saturated heterocycles. The van der Waals surface area contributed by atoms with E-state index in [0.717, 1.165) is 5.56 Å². The molecule has 0 spiro atoms. The Bertz CT molecular complexity index is 718. The van der Waals surface area contributed by atoms with Gasteiger partial charge in [-0.3, -0.25) is 0 Å². The molecule has 0 aromatic heterocycles. The first-order valence-corrected chi connectivity index (χ1v) is 7.06.